The lowest BCUT2D eigenvalue weighted by molar-refractivity contribution is -0.0160. The van der Waals surface area contributed by atoms with E-state index in [9.17, 15) is 0 Å². The summed E-state index contributed by atoms with van der Waals surface area (Å²) in [4.78, 5) is 2.38. The van der Waals surface area contributed by atoms with Gasteiger partial charge in [0, 0.05) is 31.7 Å². The van der Waals surface area contributed by atoms with Crippen molar-refractivity contribution in [1.29, 1.82) is 0 Å². The summed E-state index contributed by atoms with van der Waals surface area (Å²) in [7, 11) is 0. The van der Waals surface area contributed by atoms with Crippen LogP contribution in [0.1, 0.15) is 5.56 Å². The average molecular weight is 220 g/mol. The van der Waals surface area contributed by atoms with Crippen LogP contribution in [-0.4, -0.2) is 33.0 Å². The van der Waals surface area contributed by atoms with Crippen LogP contribution in [-0.2, 0) is 11.3 Å². The minimum Gasteiger partial charge on any atom is -0.465 e. The fraction of sp³-hybridized carbons (Fsp3) is 0.500. The van der Waals surface area contributed by atoms with Crippen LogP contribution in [0.5, 0.6) is 5.75 Å². The third-order valence-corrected chi connectivity index (χ3v) is 3.08. The SMILES string of the molecule is c1cc2c(c(N3CCNCC3)c1)OCOC2. The highest BCUT2D eigenvalue weighted by atomic mass is 16.7. The van der Waals surface area contributed by atoms with Crippen LogP contribution < -0.4 is 15.0 Å². The van der Waals surface area contributed by atoms with Crippen molar-refractivity contribution in [3.8, 4) is 5.75 Å². The number of piperazine rings is 1. The molecule has 1 aromatic carbocycles. The molecule has 2 aliphatic heterocycles. The Hall–Kier alpha value is -1.26. The van der Waals surface area contributed by atoms with Gasteiger partial charge in [-0.25, -0.2) is 0 Å². The van der Waals surface area contributed by atoms with E-state index in [1.54, 1.807) is 0 Å². The van der Waals surface area contributed by atoms with Crippen LogP contribution in [0.2, 0.25) is 0 Å². The molecule has 0 saturated carbocycles. The van der Waals surface area contributed by atoms with Gasteiger partial charge in [0.1, 0.15) is 0 Å². The van der Waals surface area contributed by atoms with Gasteiger partial charge in [0.15, 0.2) is 12.5 Å². The highest BCUT2D eigenvalue weighted by Crippen LogP contribution is 2.34. The maximum Gasteiger partial charge on any atom is 0.189 e. The molecule has 1 saturated heterocycles. The Balaban J connectivity index is 1.93. The second-order valence-corrected chi connectivity index (χ2v) is 4.11. The summed E-state index contributed by atoms with van der Waals surface area (Å²) >= 11 is 0. The first-order valence-electron chi connectivity index (χ1n) is 5.73. The van der Waals surface area contributed by atoms with Gasteiger partial charge < -0.3 is 19.7 Å². The van der Waals surface area contributed by atoms with Gasteiger partial charge >= 0.3 is 0 Å². The normalized spacial score (nSPS) is 20.1. The van der Waals surface area contributed by atoms with Crippen LogP contribution >= 0.6 is 0 Å². The van der Waals surface area contributed by atoms with Crippen LogP contribution in [0.3, 0.4) is 0 Å². The molecular weight excluding hydrogens is 204 g/mol. The lowest BCUT2D eigenvalue weighted by Gasteiger charge is -2.32. The van der Waals surface area contributed by atoms with E-state index in [2.05, 4.69) is 28.4 Å². The number of anilines is 1. The molecule has 3 rings (SSSR count). The number of hydrogen-bond acceptors (Lipinski definition) is 4. The fourth-order valence-corrected chi connectivity index (χ4v) is 2.26. The molecule has 16 heavy (non-hydrogen) atoms. The maximum absolute atomic E-state index is 5.62. The first-order valence-corrected chi connectivity index (χ1v) is 5.73. The molecule has 2 heterocycles. The molecule has 1 fully saturated rings. The third kappa shape index (κ3) is 1.74. The number of hydrogen-bond donors (Lipinski definition) is 1. The Morgan fingerprint density at radius 3 is 2.94 bits per heavy atom. The number of nitrogens with one attached hydrogen (secondary N) is 1. The smallest absolute Gasteiger partial charge is 0.189 e. The lowest BCUT2D eigenvalue weighted by atomic mass is 10.1. The number of fused-ring (bicyclic) bond motifs is 1. The van der Waals surface area contributed by atoms with Gasteiger partial charge in [-0.2, -0.15) is 0 Å². The topological polar surface area (TPSA) is 33.7 Å². The number of benzene rings is 1. The monoisotopic (exact) mass is 220 g/mol. The lowest BCUT2D eigenvalue weighted by Crippen LogP contribution is -2.43. The second-order valence-electron chi connectivity index (χ2n) is 4.11. The molecule has 86 valence electrons. The Kier molecular flexibility index (Phi) is 2.68. The zero-order valence-corrected chi connectivity index (χ0v) is 9.24. The van der Waals surface area contributed by atoms with E-state index in [1.165, 1.54) is 5.69 Å². The molecule has 2 aliphatic rings. The third-order valence-electron chi connectivity index (χ3n) is 3.08. The van der Waals surface area contributed by atoms with Crippen LogP contribution in [0.15, 0.2) is 18.2 Å². The first-order chi connectivity index (χ1) is 7.95. The molecule has 0 atom stereocenters. The van der Waals surface area contributed by atoms with Crippen molar-refractivity contribution in [2.45, 2.75) is 6.61 Å². The van der Waals surface area contributed by atoms with Crippen LogP contribution in [0.25, 0.3) is 0 Å². The maximum atomic E-state index is 5.62. The molecule has 0 aliphatic carbocycles. The van der Waals surface area contributed by atoms with Crippen molar-refractivity contribution in [3.05, 3.63) is 23.8 Å². The summed E-state index contributed by atoms with van der Waals surface area (Å²) in [6, 6.07) is 6.28. The summed E-state index contributed by atoms with van der Waals surface area (Å²) in [5.41, 5.74) is 2.37. The Morgan fingerprint density at radius 1 is 1.19 bits per heavy atom. The van der Waals surface area contributed by atoms with E-state index >= 15 is 0 Å². The zero-order valence-electron chi connectivity index (χ0n) is 9.24. The quantitative estimate of drug-likeness (QED) is 0.764. The fourth-order valence-electron chi connectivity index (χ4n) is 2.26. The van der Waals surface area contributed by atoms with Crippen molar-refractivity contribution >= 4 is 5.69 Å². The molecule has 1 N–H and O–H groups in total. The molecule has 4 heteroatoms. The van der Waals surface area contributed by atoms with E-state index in [0.29, 0.717) is 13.4 Å². The summed E-state index contributed by atoms with van der Waals surface area (Å²) in [5.74, 6) is 1.01. The highest BCUT2D eigenvalue weighted by molar-refractivity contribution is 5.62. The Labute approximate surface area is 95.1 Å². The van der Waals surface area contributed by atoms with E-state index < -0.39 is 0 Å². The molecule has 0 aromatic heterocycles. The van der Waals surface area contributed by atoms with Gasteiger partial charge in [0.25, 0.3) is 0 Å². The second kappa shape index (κ2) is 4.31. The Morgan fingerprint density at radius 2 is 2.06 bits per heavy atom. The predicted molar refractivity (Wildman–Crippen MR) is 61.8 cm³/mol. The first kappa shape index (κ1) is 9.93. The molecule has 4 nitrogen and oxygen atoms in total. The van der Waals surface area contributed by atoms with Gasteiger partial charge in [-0.1, -0.05) is 12.1 Å². The number of rotatable bonds is 1. The van der Waals surface area contributed by atoms with Crippen molar-refractivity contribution in [2.75, 3.05) is 37.9 Å². The number of nitrogens with zero attached hydrogens (tertiary/aromatic N) is 1. The molecule has 0 amide bonds. The summed E-state index contributed by atoms with van der Waals surface area (Å²) in [5, 5.41) is 3.36. The van der Waals surface area contributed by atoms with Crippen molar-refractivity contribution in [3.63, 3.8) is 0 Å². The Bertz CT molecular complexity index is 375. The van der Waals surface area contributed by atoms with E-state index in [4.69, 9.17) is 9.47 Å². The minimum absolute atomic E-state index is 0.371. The molecular formula is C12H16N2O2. The number of ether oxygens (including phenoxy) is 2. The molecule has 1 aromatic rings. The van der Waals surface area contributed by atoms with E-state index in [-0.39, 0.29) is 0 Å². The predicted octanol–water partition coefficient (Wildman–Crippen LogP) is 0.963. The summed E-state index contributed by atoms with van der Waals surface area (Å²) < 4.78 is 10.9. The van der Waals surface area contributed by atoms with Crippen molar-refractivity contribution in [2.24, 2.45) is 0 Å². The van der Waals surface area contributed by atoms with E-state index in [0.717, 1.165) is 37.5 Å². The highest BCUT2D eigenvalue weighted by Gasteiger charge is 2.19. The van der Waals surface area contributed by atoms with Gasteiger partial charge in [0.2, 0.25) is 0 Å². The van der Waals surface area contributed by atoms with Crippen LogP contribution in [0.4, 0.5) is 5.69 Å². The standard InChI is InChI=1S/C12H16N2O2/c1-2-10-8-15-9-16-12(10)11(3-1)14-6-4-13-5-7-14/h1-3,13H,4-9H2. The van der Waals surface area contributed by atoms with Crippen molar-refractivity contribution < 1.29 is 9.47 Å². The summed E-state index contributed by atoms with van der Waals surface area (Å²) in [6.45, 7) is 5.20. The molecule has 0 radical (unpaired) electrons. The minimum atomic E-state index is 0.371. The van der Waals surface area contributed by atoms with Gasteiger partial charge in [-0.3, -0.25) is 0 Å². The van der Waals surface area contributed by atoms with Gasteiger partial charge in [-0.05, 0) is 6.07 Å². The molecule has 0 unspecified atom stereocenters. The zero-order chi connectivity index (χ0) is 10.8. The summed E-state index contributed by atoms with van der Waals surface area (Å²) in [6.07, 6.45) is 0. The average Bonchev–Trinajstić information content (AvgIpc) is 2.39. The molecule has 0 bridgehead atoms. The van der Waals surface area contributed by atoms with E-state index in [1.807, 2.05) is 0 Å². The van der Waals surface area contributed by atoms with Gasteiger partial charge in [-0.15, -0.1) is 0 Å². The van der Waals surface area contributed by atoms with Gasteiger partial charge in [0.05, 0.1) is 12.3 Å². The van der Waals surface area contributed by atoms with Crippen LogP contribution in [0, 0.1) is 0 Å². The van der Waals surface area contributed by atoms with Crippen molar-refractivity contribution in [1.82, 2.24) is 5.32 Å². The number of para-hydroxylation sites is 1. The largest absolute Gasteiger partial charge is 0.465 e. The molecule has 0 spiro atoms.